The number of hydrogen-bond acceptors (Lipinski definition) is 6. The zero-order valence-electron chi connectivity index (χ0n) is 22.5. The predicted molar refractivity (Wildman–Crippen MR) is 150 cm³/mol. The molecule has 0 bridgehead atoms. The Morgan fingerprint density at radius 1 is 0.829 bits per heavy atom. The molecule has 1 fully saturated rings. The fraction of sp³-hybridized carbons (Fsp3) is 0.312. The normalized spacial score (nSPS) is 18.0. The second-order valence-electron chi connectivity index (χ2n) is 10.4. The van der Waals surface area contributed by atoms with E-state index in [1.165, 1.54) is 0 Å². The van der Waals surface area contributed by atoms with Gasteiger partial charge in [0.15, 0.2) is 0 Å². The molecule has 1 saturated carbocycles. The van der Waals surface area contributed by atoms with E-state index in [0.717, 1.165) is 27.8 Å². The third kappa shape index (κ3) is 6.57. The molecule has 0 spiro atoms. The number of aliphatic carboxylic acids is 1. The number of hydrogen-bond donors (Lipinski definition) is 3. The number of carboxylic acid groups (broad SMARTS) is 1. The number of alkyl carbamates (subject to hydrolysis) is 1. The lowest BCUT2D eigenvalue weighted by atomic mass is 9.98. The van der Waals surface area contributed by atoms with Crippen molar-refractivity contribution in [1.82, 2.24) is 10.6 Å². The highest BCUT2D eigenvalue weighted by Gasteiger charge is 2.36. The minimum atomic E-state index is -1.30. The molecule has 9 nitrogen and oxygen atoms in total. The minimum absolute atomic E-state index is 0.0165. The van der Waals surface area contributed by atoms with E-state index in [1.807, 2.05) is 66.7 Å². The summed E-state index contributed by atoms with van der Waals surface area (Å²) in [5, 5.41) is 14.7. The Morgan fingerprint density at radius 3 is 2.12 bits per heavy atom. The van der Waals surface area contributed by atoms with Gasteiger partial charge in [0.05, 0.1) is 12.3 Å². The van der Waals surface area contributed by atoms with Gasteiger partial charge in [-0.25, -0.2) is 4.79 Å². The first-order valence-corrected chi connectivity index (χ1v) is 13.7. The molecule has 5 rings (SSSR count). The number of benzene rings is 3. The summed E-state index contributed by atoms with van der Waals surface area (Å²) in [4.78, 5) is 50.5. The van der Waals surface area contributed by atoms with Gasteiger partial charge in [-0.1, -0.05) is 85.3 Å². The van der Waals surface area contributed by atoms with Crippen molar-refractivity contribution in [3.05, 3.63) is 95.6 Å². The SMILES string of the molecule is O=C(C[C@H](NC(=O)OCC1c2ccccc2-c2ccccc21)C(=O)N[C@H]1CCC[C@H]1C(=O)O)OCc1ccccc1. The molecule has 3 atom stereocenters. The smallest absolute Gasteiger partial charge is 0.407 e. The first-order chi connectivity index (χ1) is 19.9. The Hall–Kier alpha value is -4.66. The minimum Gasteiger partial charge on any atom is -0.481 e. The maximum atomic E-state index is 13.2. The highest BCUT2D eigenvalue weighted by Crippen LogP contribution is 2.44. The summed E-state index contributed by atoms with van der Waals surface area (Å²) >= 11 is 0. The van der Waals surface area contributed by atoms with Crippen molar-refractivity contribution in [2.24, 2.45) is 5.92 Å². The van der Waals surface area contributed by atoms with Gasteiger partial charge in [0.25, 0.3) is 0 Å². The molecule has 9 heteroatoms. The van der Waals surface area contributed by atoms with Gasteiger partial charge in [0, 0.05) is 12.0 Å². The van der Waals surface area contributed by atoms with Crippen LogP contribution in [0.1, 0.15) is 48.3 Å². The average Bonchev–Trinajstić information content (AvgIpc) is 3.58. The van der Waals surface area contributed by atoms with Crippen LogP contribution in [0.3, 0.4) is 0 Å². The van der Waals surface area contributed by atoms with Crippen LogP contribution in [-0.2, 0) is 30.5 Å². The third-order valence-electron chi connectivity index (χ3n) is 7.73. The number of carbonyl (C=O) groups excluding carboxylic acids is 3. The number of carboxylic acids is 1. The highest BCUT2D eigenvalue weighted by atomic mass is 16.5. The van der Waals surface area contributed by atoms with Crippen LogP contribution in [0.25, 0.3) is 11.1 Å². The molecule has 0 unspecified atom stereocenters. The van der Waals surface area contributed by atoms with Gasteiger partial charge in [0.2, 0.25) is 5.91 Å². The van der Waals surface area contributed by atoms with Crippen molar-refractivity contribution in [1.29, 1.82) is 0 Å². The number of ether oxygens (including phenoxy) is 2. The molecule has 212 valence electrons. The second-order valence-corrected chi connectivity index (χ2v) is 10.4. The van der Waals surface area contributed by atoms with E-state index in [1.54, 1.807) is 12.1 Å². The fourth-order valence-corrected chi connectivity index (χ4v) is 5.67. The van der Waals surface area contributed by atoms with Crippen molar-refractivity contribution in [2.75, 3.05) is 6.61 Å². The summed E-state index contributed by atoms with van der Waals surface area (Å²) in [6.45, 7) is 0.0546. The van der Waals surface area contributed by atoms with Crippen LogP contribution >= 0.6 is 0 Å². The van der Waals surface area contributed by atoms with Gasteiger partial charge in [-0.3, -0.25) is 14.4 Å². The van der Waals surface area contributed by atoms with Crippen molar-refractivity contribution < 1.29 is 33.8 Å². The van der Waals surface area contributed by atoms with E-state index >= 15 is 0 Å². The van der Waals surface area contributed by atoms with E-state index in [2.05, 4.69) is 10.6 Å². The molecule has 41 heavy (non-hydrogen) atoms. The van der Waals surface area contributed by atoms with Crippen molar-refractivity contribution in [3.63, 3.8) is 0 Å². The van der Waals surface area contributed by atoms with Gasteiger partial charge in [-0.15, -0.1) is 0 Å². The molecule has 0 heterocycles. The molecule has 2 aliphatic rings. The van der Waals surface area contributed by atoms with Crippen molar-refractivity contribution >= 4 is 23.9 Å². The fourth-order valence-electron chi connectivity index (χ4n) is 5.67. The maximum absolute atomic E-state index is 13.2. The monoisotopic (exact) mass is 556 g/mol. The van der Waals surface area contributed by atoms with Crippen LogP contribution in [0.2, 0.25) is 0 Å². The molecule has 0 aromatic heterocycles. The summed E-state index contributed by atoms with van der Waals surface area (Å²) in [5.74, 6) is -3.23. The maximum Gasteiger partial charge on any atom is 0.407 e. The van der Waals surface area contributed by atoms with Gasteiger partial charge in [-0.05, 0) is 40.7 Å². The van der Waals surface area contributed by atoms with E-state index in [-0.39, 0.29) is 19.1 Å². The number of rotatable bonds is 10. The van der Waals surface area contributed by atoms with E-state index in [4.69, 9.17) is 9.47 Å². The van der Waals surface area contributed by atoms with Crippen LogP contribution in [0.5, 0.6) is 0 Å². The standard InChI is InChI=1S/C32H32N2O7/c35-29(40-18-20-9-2-1-3-10-20)17-28(30(36)33-27-16-8-15-25(27)31(37)38)34-32(39)41-19-26-23-13-6-4-11-21(23)22-12-5-7-14-24(22)26/h1-7,9-14,25-28H,8,15-19H2,(H,33,36)(H,34,39)(H,37,38)/t25-,27+,28+/m1/s1. The van der Waals surface area contributed by atoms with Gasteiger partial charge >= 0.3 is 18.0 Å². The zero-order chi connectivity index (χ0) is 28.8. The first-order valence-electron chi connectivity index (χ1n) is 13.7. The Bertz CT molecular complexity index is 1380. The Labute approximate surface area is 237 Å². The number of esters is 1. The Kier molecular flexibility index (Phi) is 8.62. The quantitative estimate of drug-likeness (QED) is 0.316. The summed E-state index contributed by atoms with van der Waals surface area (Å²) in [5.41, 5.74) is 5.03. The van der Waals surface area contributed by atoms with Crippen molar-refractivity contribution in [2.45, 2.75) is 50.3 Å². The summed E-state index contributed by atoms with van der Waals surface area (Å²) < 4.78 is 10.9. The van der Waals surface area contributed by atoms with Gasteiger partial charge < -0.3 is 25.2 Å². The molecule has 3 N–H and O–H groups in total. The largest absolute Gasteiger partial charge is 0.481 e. The number of amides is 2. The van der Waals surface area contributed by atoms with Gasteiger partial charge in [-0.2, -0.15) is 0 Å². The van der Waals surface area contributed by atoms with Crippen molar-refractivity contribution in [3.8, 4) is 11.1 Å². The van der Waals surface area contributed by atoms with E-state index in [9.17, 15) is 24.3 Å². The second kappa shape index (κ2) is 12.7. The third-order valence-corrected chi connectivity index (χ3v) is 7.73. The number of carbonyl (C=O) groups is 4. The Balaban J connectivity index is 1.24. The molecule has 0 aliphatic heterocycles. The molecule has 0 saturated heterocycles. The molecule has 3 aromatic rings. The number of nitrogens with one attached hydrogen (secondary N) is 2. The van der Waals surface area contributed by atoms with Crippen LogP contribution < -0.4 is 10.6 Å². The molecular formula is C32H32N2O7. The topological polar surface area (TPSA) is 131 Å². The molecule has 2 amide bonds. The van der Waals surface area contributed by atoms with Crippen LogP contribution in [0.4, 0.5) is 4.79 Å². The lowest BCUT2D eigenvalue weighted by Gasteiger charge is -2.23. The lowest BCUT2D eigenvalue weighted by molar-refractivity contribution is -0.147. The zero-order valence-corrected chi connectivity index (χ0v) is 22.5. The van der Waals surface area contributed by atoms with Crippen LogP contribution in [0, 0.1) is 5.92 Å². The summed E-state index contributed by atoms with van der Waals surface area (Å²) in [6.07, 6.45) is 0.311. The van der Waals surface area contributed by atoms with Crippen LogP contribution in [-0.4, -0.2) is 47.7 Å². The molecule has 2 aliphatic carbocycles. The van der Waals surface area contributed by atoms with E-state index in [0.29, 0.717) is 19.3 Å². The molecule has 3 aromatic carbocycles. The molecular weight excluding hydrogens is 524 g/mol. The lowest BCUT2D eigenvalue weighted by Crippen LogP contribution is -2.52. The predicted octanol–water partition coefficient (Wildman–Crippen LogP) is 4.40. The Morgan fingerprint density at radius 2 is 1.46 bits per heavy atom. The molecule has 0 radical (unpaired) electrons. The van der Waals surface area contributed by atoms with Crippen LogP contribution in [0.15, 0.2) is 78.9 Å². The van der Waals surface area contributed by atoms with Gasteiger partial charge in [0.1, 0.15) is 19.3 Å². The summed E-state index contributed by atoms with van der Waals surface area (Å²) in [6, 6.07) is 23.1. The highest BCUT2D eigenvalue weighted by molar-refractivity contribution is 5.90. The first kappa shape index (κ1) is 27.9. The van der Waals surface area contributed by atoms with E-state index < -0.39 is 48.4 Å². The number of fused-ring (bicyclic) bond motifs is 3. The average molecular weight is 557 g/mol. The summed E-state index contributed by atoms with van der Waals surface area (Å²) in [7, 11) is 0.